The Bertz CT molecular complexity index is 822. The van der Waals surface area contributed by atoms with Gasteiger partial charge in [-0.1, -0.05) is 64.8 Å². The highest BCUT2D eigenvalue weighted by atomic mass is 79.9. The lowest BCUT2D eigenvalue weighted by atomic mass is 10.1. The molecule has 0 saturated heterocycles. The molecule has 2 aromatic carbocycles. The van der Waals surface area contributed by atoms with E-state index in [4.69, 9.17) is 0 Å². The molecule has 150 valence electrons. The molecule has 28 heavy (non-hydrogen) atoms. The van der Waals surface area contributed by atoms with Crippen molar-refractivity contribution in [1.82, 2.24) is 10.2 Å². The fraction of sp³-hybridized carbons (Fsp3) is 0.391. The Morgan fingerprint density at radius 2 is 1.75 bits per heavy atom. The van der Waals surface area contributed by atoms with E-state index in [0.717, 1.165) is 27.6 Å². The molecule has 0 heterocycles. The number of hydrogen-bond donors (Lipinski definition) is 1. The van der Waals surface area contributed by atoms with Gasteiger partial charge in [-0.2, -0.15) is 0 Å². The second-order valence-corrected chi connectivity index (χ2v) is 8.23. The average Bonchev–Trinajstić information content (AvgIpc) is 2.65. The van der Waals surface area contributed by atoms with Crippen LogP contribution in [0.4, 0.5) is 0 Å². The second kappa shape index (κ2) is 10.4. The third kappa shape index (κ3) is 6.48. The van der Waals surface area contributed by atoms with Crippen LogP contribution in [-0.2, 0) is 22.6 Å². The first-order valence-electron chi connectivity index (χ1n) is 9.70. The first-order valence-corrected chi connectivity index (χ1v) is 10.5. The van der Waals surface area contributed by atoms with E-state index in [9.17, 15) is 9.59 Å². The van der Waals surface area contributed by atoms with Crippen LogP contribution in [0.2, 0.25) is 0 Å². The van der Waals surface area contributed by atoms with E-state index in [1.165, 1.54) is 0 Å². The lowest BCUT2D eigenvalue weighted by molar-refractivity contribution is -0.140. The Morgan fingerprint density at radius 1 is 1.07 bits per heavy atom. The number of hydrogen-bond acceptors (Lipinski definition) is 2. The highest BCUT2D eigenvalue weighted by Gasteiger charge is 2.26. The number of carbonyl (C=O) groups is 2. The Morgan fingerprint density at radius 3 is 2.39 bits per heavy atom. The number of aryl methyl sites for hydroxylation is 1. The summed E-state index contributed by atoms with van der Waals surface area (Å²) in [5.74, 6) is -0.181. The smallest absolute Gasteiger partial charge is 0.242 e. The van der Waals surface area contributed by atoms with Crippen molar-refractivity contribution in [2.24, 2.45) is 0 Å². The normalized spacial score (nSPS) is 12.9. The minimum Gasteiger partial charge on any atom is -0.352 e. The number of rotatable bonds is 8. The molecule has 0 fully saturated rings. The van der Waals surface area contributed by atoms with E-state index >= 15 is 0 Å². The molecule has 2 aromatic rings. The van der Waals surface area contributed by atoms with E-state index < -0.39 is 6.04 Å². The van der Waals surface area contributed by atoms with Gasteiger partial charge < -0.3 is 10.2 Å². The van der Waals surface area contributed by atoms with E-state index in [0.29, 0.717) is 6.54 Å². The minimum atomic E-state index is -0.551. The molecular weight excluding hydrogens is 416 g/mol. The number of benzene rings is 2. The van der Waals surface area contributed by atoms with E-state index in [1.807, 2.05) is 69.3 Å². The summed E-state index contributed by atoms with van der Waals surface area (Å²) in [5.41, 5.74) is 3.06. The number of carbonyl (C=O) groups excluding carboxylic acids is 2. The molecule has 0 aromatic heterocycles. The summed E-state index contributed by atoms with van der Waals surface area (Å²) in [5, 5.41) is 2.99. The van der Waals surface area contributed by atoms with Crippen LogP contribution in [0.3, 0.4) is 0 Å². The maximum atomic E-state index is 13.1. The molecule has 0 aliphatic rings. The van der Waals surface area contributed by atoms with Crippen LogP contribution in [0, 0.1) is 6.92 Å². The Hall–Kier alpha value is -2.14. The van der Waals surface area contributed by atoms with E-state index in [2.05, 4.69) is 21.2 Å². The fourth-order valence-electron chi connectivity index (χ4n) is 2.98. The van der Waals surface area contributed by atoms with Crippen molar-refractivity contribution in [3.05, 3.63) is 69.7 Å². The van der Waals surface area contributed by atoms with Crippen LogP contribution >= 0.6 is 15.9 Å². The molecule has 0 bridgehead atoms. The zero-order valence-electron chi connectivity index (χ0n) is 17.0. The first kappa shape index (κ1) is 22.2. The summed E-state index contributed by atoms with van der Waals surface area (Å²) in [7, 11) is 0. The van der Waals surface area contributed by atoms with Crippen LogP contribution in [0.15, 0.2) is 53.0 Å². The Kier molecular flexibility index (Phi) is 8.24. The van der Waals surface area contributed by atoms with Crippen LogP contribution in [0.5, 0.6) is 0 Å². The van der Waals surface area contributed by atoms with Crippen molar-refractivity contribution in [3.8, 4) is 0 Å². The van der Waals surface area contributed by atoms with Gasteiger partial charge in [-0.3, -0.25) is 9.59 Å². The van der Waals surface area contributed by atoms with Crippen LogP contribution < -0.4 is 5.32 Å². The first-order chi connectivity index (χ1) is 13.3. The lowest BCUT2D eigenvalue weighted by Gasteiger charge is -2.30. The van der Waals surface area contributed by atoms with E-state index in [-0.39, 0.29) is 24.3 Å². The monoisotopic (exact) mass is 444 g/mol. The highest BCUT2D eigenvalue weighted by Crippen LogP contribution is 2.17. The third-order valence-corrected chi connectivity index (χ3v) is 5.34. The van der Waals surface area contributed by atoms with Gasteiger partial charge in [0.2, 0.25) is 11.8 Å². The molecule has 1 N–H and O–H groups in total. The molecule has 5 heteroatoms. The van der Waals surface area contributed by atoms with Gasteiger partial charge in [0.25, 0.3) is 0 Å². The van der Waals surface area contributed by atoms with Gasteiger partial charge in [0, 0.05) is 17.1 Å². The van der Waals surface area contributed by atoms with E-state index in [1.54, 1.807) is 11.8 Å². The minimum absolute atomic E-state index is 0.0580. The molecule has 4 nitrogen and oxygen atoms in total. The summed E-state index contributed by atoms with van der Waals surface area (Å²) in [6, 6.07) is 15.3. The van der Waals surface area contributed by atoms with Gasteiger partial charge in [-0.05, 0) is 50.5 Å². The Balaban J connectivity index is 2.23. The summed E-state index contributed by atoms with van der Waals surface area (Å²) < 4.78 is 0.952. The predicted molar refractivity (Wildman–Crippen MR) is 117 cm³/mol. The number of amides is 2. The number of halogens is 1. The predicted octanol–water partition coefficient (Wildman–Crippen LogP) is 4.63. The highest BCUT2D eigenvalue weighted by molar-refractivity contribution is 9.10. The third-order valence-electron chi connectivity index (χ3n) is 4.85. The van der Waals surface area contributed by atoms with Crippen molar-refractivity contribution in [1.29, 1.82) is 0 Å². The number of nitrogens with one attached hydrogen (secondary N) is 1. The molecule has 0 aliphatic heterocycles. The van der Waals surface area contributed by atoms with Gasteiger partial charge in [-0.15, -0.1) is 0 Å². The summed E-state index contributed by atoms with van der Waals surface area (Å²) >= 11 is 3.48. The maximum absolute atomic E-state index is 13.1. The number of nitrogens with zero attached hydrogens (tertiary/aromatic N) is 1. The van der Waals surface area contributed by atoms with Gasteiger partial charge in [-0.25, -0.2) is 0 Å². The largest absolute Gasteiger partial charge is 0.352 e. The molecule has 0 spiro atoms. The van der Waals surface area contributed by atoms with Crippen molar-refractivity contribution in [2.75, 3.05) is 0 Å². The molecule has 2 atom stereocenters. The lowest BCUT2D eigenvalue weighted by Crippen LogP contribution is -2.49. The molecule has 0 saturated carbocycles. The van der Waals surface area contributed by atoms with Crippen LogP contribution in [0.1, 0.15) is 43.9 Å². The summed E-state index contributed by atoms with van der Waals surface area (Å²) in [4.78, 5) is 27.5. The molecule has 2 amide bonds. The van der Waals surface area contributed by atoms with Crippen molar-refractivity contribution >= 4 is 27.7 Å². The maximum Gasteiger partial charge on any atom is 0.242 e. The topological polar surface area (TPSA) is 49.4 Å². The van der Waals surface area contributed by atoms with Crippen LogP contribution in [-0.4, -0.2) is 28.8 Å². The second-order valence-electron chi connectivity index (χ2n) is 7.31. The molecular formula is C23H29BrN2O2. The average molecular weight is 445 g/mol. The van der Waals surface area contributed by atoms with Gasteiger partial charge in [0.1, 0.15) is 6.04 Å². The summed E-state index contributed by atoms with van der Waals surface area (Å²) in [6.07, 6.45) is 1.12. The van der Waals surface area contributed by atoms with Crippen LogP contribution in [0.25, 0.3) is 0 Å². The molecule has 2 rings (SSSR count). The zero-order valence-corrected chi connectivity index (χ0v) is 18.6. The van der Waals surface area contributed by atoms with Gasteiger partial charge >= 0.3 is 0 Å². The fourth-order valence-corrected chi connectivity index (χ4v) is 3.43. The quantitative estimate of drug-likeness (QED) is 0.644. The molecule has 0 aliphatic carbocycles. The van der Waals surface area contributed by atoms with Crippen molar-refractivity contribution in [3.63, 3.8) is 0 Å². The standard InChI is InChI=1S/C23H29BrN2O2/c1-5-17(3)25-23(28)18(4)26(15-20-10-7-11-21(24)13-20)22(27)14-19-9-6-8-16(2)12-19/h6-13,17-18H,5,14-15H2,1-4H3,(H,25,28)/t17-,18-/m1/s1. The molecule has 0 unspecified atom stereocenters. The Labute approximate surface area is 176 Å². The van der Waals surface area contributed by atoms with Crippen molar-refractivity contribution < 1.29 is 9.59 Å². The molecule has 0 radical (unpaired) electrons. The van der Waals surface area contributed by atoms with Crippen molar-refractivity contribution in [2.45, 2.75) is 59.2 Å². The van der Waals surface area contributed by atoms with Gasteiger partial charge in [0.05, 0.1) is 6.42 Å². The van der Waals surface area contributed by atoms with Gasteiger partial charge in [0.15, 0.2) is 0 Å². The summed E-state index contributed by atoms with van der Waals surface area (Å²) in [6.45, 7) is 8.19. The SMILES string of the molecule is CC[C@@H](C)NC(=O)[C@@H](C)N(Cc1cccc(Br)c1)C(=O)Cc1cccc(C)c1. The zero-order chi connectivity index (χ0) is 20.7.